The van der Waals surface area contributed by atoms with Crippen molar-refractivity contribution in [2.45, 2.75) is 12.5 Å². The first-order valence-corrected chi connectivity index (χ1v) is 6.80. The van der Waals surface area contributed by atoms with E-state index in [4.69, 9.17) is 0 Å². The fraction of sp³-hybridized carbons (Fsp3) is 0.538. The van der Waals surface area contributed by atoms with E-state index >= 15 is 0 Å². The van der Waals surface area contributed by atoms with Crippen molar-refractivity contribution in [3.8, 4) is 11.5 Å². The summed E-state index contributed by atoms with van der Waals surface area (Å²) in [6, 6.07) is 2.35. The molecule has 0 amide bonds. The average Bonchev–Trinajstić information content (AvgIpc) is 2.48. The Hall–Kier alpha value is -1.61. The monoisotopic (exact) mass is 333 g/mol. The molecule has 8 nitrogen and oxygen atoms in total. The van der Waals surface area contributed by atoms with Gasteiger partial charge in [0.15, 0.2) is 5.75 Å². The molecule has 2 rings (SSSR count). The van der Waals surface area contributed by atoms with Gasteiger partial charge >= 0.3 is 5.69 Å². The van der Waals surface area contributed by atoms with Gasteiger partial charge in [0, 0.05) is 44.9 Å². The molecule has 0 aliphatic carbocycles. The van der Waals surface area contributed by atoms with Gasteiger partial charge in [-0.3, -0.25) is 15.0 Å². The van der Waals surface area contributed by atoms with Gasteiger partial charge in [-0.2, -0.15) is 0 Å². The normalized spacial score (nSPS) is 16.8. The van der Waals surface area contributed by atoms with Crippen LogP contribution in [0.15, 0.2) is 12.1 Å². The van der Waals surface area contributed by atoms with Crippen molar-refractivity contribution < 1.29 is 20.2 Å². The third kappa shape index (κ3) is 3.98. The summed E-state index contributed by atoms with van der Waals surface area (Å²) in [7, 11) is 0. The van der Waals surface area contributed by atoms with Gasteiger partial charge in [0.05, 0.1) is 4.92 Å². The Morgan fingerprint density at radius 3 is 2.50 bits per heavy atom. The summed E-state index contributed by atoms with van der Waals surface area (Å²) in [6.07, 6.45) is 0.404. The highest BCUT2D eigenvalue weighted by Gasteiger charge is 2.26. The van der Waals surface area contributed by atoms with E-state index in [1.54, 1.807) is 0 Å². The molecule has 0 radical (unpaired) electrons. The maximum absolute atomic E-state index is 10.9. The van der Waals surface area contributed by atoms with Gasteiger partial charge in [-0.1, -0.05) is 0 Å². The number of hydrogen-bond acceptors (Lipinski definition) is 7. The number of nitrogens with one attached hydrogen (secondary N) is 1. The molecule has 1 atom stereocenters. The number of piperazine rings is 1. The zero-order valence-electron chi connectivity index (χ0n) is 11.9. The van der Waals surface area contributed by atoms with Crippen molar-refractivity contribution in [3.05, 3.63) is 27.8 Å². The zero-order valence-corrected chi connectivity index (χ0v) is 12.8. The van der Waals surface area contributed by atoms with Crippen molar-refractivity contribution in [3.63, 3.8) is 0 Å². The number of nitro benzene ring substituents is 1. The highest BCUT2D eigenvalue weighted by molar-refractivity contribution is 5.85. The standard InChI is InChI=1S/C13H19N3O5.ClH/c17-6-1-10(15-4-2-14-3-5-15)9-7-11(16(20)21)13(19)12(18)8-9;/h7-8,10,14,17-19H,1-6H2;1H/t10-;/m0./s1. The van der Waals surface area contributed by atoms with Gasteiger partial charge in [0.1, 0.15) is 0 Å². The molecule has 0 saturated carbocycles. The predicted molar refractivity (Wildman–Crippen MR) is 82.6 cm³/mol. The van der Waals surface area contributed by atoms with Gasteiger partial charge in [-0.15, -0.1) is 12.4 Å². The van der Waals surface area contributed by atoms with Gasteiger partial charge < -0.3 is 20.6 Å². The van der Waals surface area contributed by atoms with E-state index in [1.165, 1.54) is 12.1 Å². The van der Waals surface area contributed by atoms with E-state index in [0.717, 1.165) is 26.2 Å². The molecule has 1 fully saturated rings. The van der Waals surface area contributed by atoms with E-state index in [1.807, 2.05) is 0 Å². The minimum absolute atomic E-state index is 0. The van der Waals surface area contributed by atoms with Crippen molar-refractivity contribution in [2.75, 3.05) is 32.8 Å². The maximum atomic E-state index is 10.9. The highest BCUT2D eigenvalue weighted by Crippen LogP contribution is 2.39. The van der Waals surface area contributed by atoms with Crippen LogP contribution in [0.1, 0.15) is 18.0 Å². The number of hydrogen-bond donors (Lipinski definition) is 4. The third-order valence-corrected chi connectivity index (χ3v) is 3.67. The highest BCUT2D eigenvalue weighted by atomic mass is 35.5. The number of phenols is 2. The molecule has 1 aromatic rings. The topological polar surface area (TPSA) is 119 Å². The molecule has 22 heavy (non-hydrogen) atoms. The summed E-state index contributed by atoms with van der Waals surface area (Å²) in [5, 5.41) is 42.6. The molecule has 1 aromatic carbocycles. The summed E-state index contributed by atoms with van der Waals surface area (Å²) in [6.45, 7) is 3.03. The molecule has 4 N–H and O–H groups in total. The van der Waals surface area contributed by atoms with Crippen molar-refractivity contribution >= 4 is 18.1 Å². The van der Waals surface area contributed by atoms with Crippen LogP contribution in [0.3, 0.4) is 0 Å². The van der Waals surface area contributed by atoms with Gasteiger partial charge in [0.25, 0.3) is 0 Å². The van der Waals surface area contributed by atoms with Crippen LogP contribution >= 0.6 is 12.4 Å². The second kappa shape index (κ2) is 8.14. The Morgan fingerprint density at radius 1 is 1.32 bits per heavy atom. The number of halogens is 1. The fourth-order valence-electron chi connectivity index (χ4n) is 2.63. The third-order valence-electron chi connectivity index (χ3n) is 3.67. The van der Waals surface area contributed by atoms with E-state index < -0.39 is 22.1 Å². The second-order valence-corrected chi connectivity index (χ2v) is 4.98. The molecule has 0 bridgehead atoms. The minimum atomic E-state index is -0.730. The van der Waals surface area contributed by atoms with Gasteiger partial charge in [-0.25, -0.2) is 0 Å². The van der Waals surface area contributed by atoms with Crippen LogP contribution < -0.4 is 5.32 Å². The molecule has 124 valence electrons. The number of aromatic hydroxyl groups is 2. The summed E-state index contributed by atoms with van der Waals surface area (Å²) in [5.74, 6) is -1.25. The van der Waals surface area contributed by atoms with Crippen molar-refractivity contribution in [2.24, 2.45) is 0 Å². The fourth-order valence-corrected chi connectivity index (χ4v) is 2.63. The Balaban J connectivity index is 0.00000242. The van der Waals surface area contributed by atoms with Crippen LogP contribution in [-0.2, 0) is 0 Å². The van der Waals surface area contributed by atoms with Crippen molar-refractivity contribution in [1.29, 1.82) is 0 Å². The van der Waals surface area contributed by atoms with Gasteiger partial charge in [0.2, 0.25) is 5.75 Å². The second-order valence-electron chi connectivity index (χ2n) is 4.98. The van der Waals surface area contributed by atoms with E-state index in [0.29, 0.717) is 12.0 Å². The predicted octanol–water partition coefficient (Wildman–Crippen LogP) is 0.756. The average molecular weight is 334 g/mol. The number of nitrogens with zero attached hydrogens (tertiary/aromatic N) is 2. The first-order valence-electron chi connectivity index (χ1n) is 6.80. The summed E-state index contributed by atoms with van der Waals surface area (Å²) in [4.78, 5) is 12.3. The Kier molecular flexibility index (Phi) is 6.82. The van der Waals surface area contributed by atoms with Crippen LogP contribution in [-0.4, -0.2) is 57.9 Å². The van der Waals surface area contributed by atoms with Crippen LogP contribution in [0.2, 0.25) is 0 Å². The largest absolute Gasteiger partial charge is 0.504 e. The minimum Gasteiger partial charge on any atom is -0.504 e. The quantitative estimate of drug-likeness (QED) is 0.357. The lowest BCUT2D eigenvalue weighted by Gasteiger charge is -2.35. The van der Waals surface area contributed by atoms with E-state index in [2.05, 4.69) is 10.2 Å². The molecular weight excluding hydrogens is 314 g/mol. The summed E-state index contributed by atoms with van der Waals surface area (Å²) in [5.41, 5.74) is -0.00368. The lowest BCUT2D eigenvalue weighted by molar-refractivity contribution is -0.386. The Morgan fingerprint density at radius 2 is 1.95 bits per heavy atom. The summed E-state index contributed by atoms with van der Waals surface area (Å²) >= 11 is 0. The molecule has 0 aromatic heterocycles. The number of aliphatic hydroxyl groups is 1. The lowest BCUT2D eigenvalue weighted by Crippen LogP contribution is -2.45. The number of phenolic OH excluding ortho intramolecular Hbond substituents is 2. The zero-order chi connectivity index (χ0) is 15.4. The van der Waals surface area contributed by atoms with Crippen LogP contribution in [0.4, 0.5) is 5.69 Å². The Bertz CT molecular complexity index is 523. The van der Waals surface area contributed by atoms with Crippen LogP contribution in [0.25, 0.3) is 0 Å². The number of benzene rings is 1. The molecule has 1 heterocycles. The number of nitro groups is 1. The molecule has 1 aliphatic heterocycles. The SMILES string of the molecule is Cl.O=[N+]([O-])c1cc([C@H](CCO)N2CCNCC2)cc(O)c1O. The van der Waals surface area contributed by atoms with Crippen LogP contribution in [0.5, 0.6) is 11.5 Å². The molecule has 0 unspecified atom stereocenters. The molecular formula is C13H20ClN3O5. The summed E-state index contributed by atoms with van der Waals surface area (Å²) < 4.78 is 0. The van der Waals surface area contributed by atoms with Crippen molar-refractivity contribution in [1.82, 2.24) is 10.2 Å². The molecule has 1 aliphatic rings. The first-order chi connectivity index (χ1) is 10.0. The lowest BCUT2D eigenvalue weighted by atomic mass is 10.00. The molecule has 9 heteroatoms. The number of rotatable bonds is 5. The van der Waals surface area contributed by atoms with Crippen LogP contribution in [0, 0.1) is 10.1 Å². The maximum Gasteiger partial charge on any atom is 0.314 e. The Labute approximate surface area is 133 Å². The van der Waals surface area contributed by atoms with E-state index in [-0.39, 0.29) is 25.1 Å². The van der Waals surface area contributed by atoms with Gasteiger partial charge in [-0.05, 0) is 18.1 Å². The molecule has 0 spiro atoms. The van der Waals surface area contributed by atoms with E-state index in [9.17, 15) is 25.4 Å². The smallest absolute Gasteiger partial charge is 0.314 e. The number of aliphatic hydroxyl groups excluding tert-OH is 1. The first kappa shape index (κ1) is 18.4. The molecule has 1 saturated heterocycles.